The summed E-state index contributed by atoms with van der Waals surface area (Å²) in [5, 5.41) is 0. The second-order valence-corrected chi connectivity index (χ2v) is 5.43. The average molecular weight is 284 g/mol. The molecular weight excluding hydrogens is 266 g/mol. The van der Waals surface area contributed by atoms with Crippen molar-refractivity contribution in [2.75, 3.05) is 25.9 Å². The Kier molecular flexibility index (Phi) is 3.52. The summed E-state index contributed by atoms with van der Waals surface area (Å²) in [5.41, 5.74) is 13.7. The maximum absolute atomic E-state index is 5.91. The molecule has 2 unspecified atom stereocenters. The zero-order valence-corrected chi connectivity index (χ0v) is 11.1. The zero-order chi connectivity index (χ0) is 11.7. The van der Waals surface area contributed by atoms with Gasteiger partial charge in [0.15, 0.2) is 0 Å². The van der Waals surface area contributed by atoms with Gasteiger partial charge in [-0.25, -0.2) is 0 Å². The predicted octanol–water partition coefficient (Wildman–Crippen LogP) is 1.98. The Labute approximate surface area is 105 Å². The highest BCUT2D eigenvalue weighted by Gasteiger charge is 2.29. The third-order valence-electron chi connectivity index (χ3n) is 3.37. The second kappa shape index (κ2) is 4.73. The fraction of sp³-hybridized carbons (Fsp3) is 0.500. The van der Waals surface area contributed by atoms with E-state index < -0.39 is 0 Å². The third-order valence-corrected chi connectivity index (χ3v) is 4.10. The van der Waals surface area contributed by atoms with Crippen molar-refractivity contribution < 1.29 is 0 Å². The number of nitrogen functional groups attached to an aromatic ring is 1. The molecule has 1 heterocycles. The van der Waals surface area contributed by atoms with Crippen LogP contribution in [-0.2, 0) is 0 Å². The van der Waals surface area contributed by atoms with Crippen LogP contribution in [0.2, 0.25) is 0 Å². The molecule has 1 aliphatic rings. The first-order valence-corrected chi connectivity index (χ1v) is 6.36. The molecule has 1 aromatic rings. The average Bonchev–Trinajstić information content (AvgIpc) is 2.64. The number of hydrogen-bond acceptors (Lipinski definition) is 3. The molecule has 2 rings (SSSR count). The molecular formula is C12H18BrN3. The van der Waals surface area contributed by atoms with E-state index in [4.69, 9.17) is 11.5 Å². The van der Waals surface area contributed by atoms with Gasteiger partial charge in [-0.15, -0.1) is 0 Å². The first kappa shape index (κ1) is 11.9. The van der Waals surface area contributed by atoms with Crippen LogP contribution in [0.3, 0.4) is 0 Å². The van der Waals surface area contributed by atoms with Crippen molar-refractivity contribution in [2.24, 2.45) is 11.7 Å². The van der Waals surface area contributed by atoms with Crippen molar-refractivity contribution in [2.45, 2.75) is 12.5 Å². The van der Waals surface area contributed by atoms with Gasteiger partial charge in [0, 0.05) is 22.7 Å². The number of anilines is 1. The van der Waals surface area contributed by atoms with Crippen molar-refractivity contribution in [3.05, 3.63) is 28.2 Å². The van der Waals surface area contributed by atoms with Crippen LogP contribution in [0, 0.1) is 5.92 Å². The van der Waals surface area contributed by atoms with Gasteiger partial charge in [-0.3, -0.25) is 4.90 Å². The Morgan fingerprint density at radius 2 is 2.25 bits per heavy atom. The van der Waals surface area contributed by atoms with E-state index in [1.807, 2.05) is 6.07 Å². The lowest BCUT2D eigenvalue weighted by Crippen LogP contribution is -2.20. The standard InChI is InChI=1S/C12H18BrN3/c1-16-7-8(6-14)4-12(16)9-2-3-10(13)11(15)5-9/h2-3,5,8,12H,4,6-7,14-15H2,1H3. The van der Waals surface area contributed by atoms with E-state index in [0.717, 1.165) is 29.7 Å². The summed E-state index contributed by atoms with van der Waals surface area (Å²) in [5.74, 6) is 0.611. The van der Waals surface area contributed by atoms with E-state index in [-0.39, 0.29) is 0 Å². The number of halogens is 1. The van der Waals surface area contributed by atoms with Gasteiger partial charge in [-0.2, -0.15) is 0 Å². The molecule has 3 nitrogen and oxygen atoms in total. The van der Waals surface area contributed by atoms with Gasteiger partial charge < -0.3 is 11.5 Å². The number of benzene rings is 1. The van der Waals surface area contributed by atoms with Gasteiger partial charge in [0.05, 0.1) is 0 Å². The fourth-order valence-electron chi connectivity index (χ4n) is 2.44. The van der Waals surface area contributed by atoms with Gasteiger partial charge in [0.1, 0.15) is 0 Å². The smallest absolute Gasteiger partial charge is 0.0461 e. The Balaban J connectivity index is 2.21. The van der Waals surface area contributed by atoms with Crippen LogP contribution in [0.1, 0.15) is 18.0 Å². The molecule has 0 spiro atoms. The van der Waals surface area contributed by atoms with Gasteiger partial charge in [0.25, 0.3) is 0 Å². The quantitative estimate of drug-likeness (QED) is 0.817. The van der Waals surface area contributed by atoms with E-state index in [1.54, 1.807) is 0 Å². The highest BCUT2D eigenvalue weighted by Crippen LogP contribution is 2.35. The van der Waals surface area contributed by atoms with Crippen LogP contribution >= 0.6 is 15.9 Å². The predicted molar refractivity (Wildman–Crippen MR) is 71.1 cm³/mol. The second-order valence-electron chi connectivity index (χ2n) is 4.57. The van der Waals surface area contributed by atoms with E-state index in [0.29, 0.717) is 12.0 Å². The normalized spacial score (nSPS) is 26.2. The molecule has 0 radical (unpaired) electrons. The topological polar surface area (TPSA) is 55.3 Å². The SMILES string of the molecule is CN1CC(CN)CC1c1ccc(Br)c(N)c1. The molecule has 2 atom stereocenters. The number of nitrogens with two attached hydrogens (primary N) is 2. The number of hydrogen-bond donors (Lipinski definition) is 2. The van der Waals surface area contributed by atoms with Gasteiger partial charge in [-0.1, -0.05) is 6.07 Å². The van der Waals surface area contributed by atoms with Crippen LogP contribution in [0.25, 0.3) is 0 Å². The summed E-state index contributed by atoms with van der Waals surface area (Å²) < 4.78 is 0.965. The van der Waals surface area contributed by atoms with Crippen LogP contribution in [0.4, 0.5) is 5.69 Å². The molecule has 1 aliphatic heterocycles. The largest absolute Gasteiger partial charge is 0.398 e. The fourth-order valence-corrected chi connectivity index (χ4v) is 2.68. The summed E-state index contributed by atoms with van der Waals surface area (Å²) in [6, 6.07) is 6.68. The lowest BCUT2D eigenvalue weighted by Gasteiger charge is -2.20. The number of rotatable bonds is 2. The molecule has 0 amide bonds. The summed E-state index contributed by atoms with van der Waals surface area (Å²) in [7, 11) is 2.15. The van der Waals surface area contributed by atoms with Gasteiger partial charge >= 0.3 is 0 Å². The van der Waals surface area contributed by atoms with E-state index >= 15 is 0 Å². The van der Waals surface area contributed by atoms with Crippen LogP contribution < -0.4 is 11.5 Å². The molecule has 1 fully saturated rings. The number of nitrogens with zero attached hydrogens (tertiary/aromatic N) is 1. The van der Waals surface area contributed by atoms with Gasteiger partial charge in [0.2, 0.25) is 0 Å². The lowest BCUT2D eigenvalue weighted by molar-refractivity contribution is 0.314. The molecule has 1 saturated heterocycles. The highest BCUT2D eigenvalue weighted by atomic mass is 79.9. The summed E-state index contributed by atoms with van der Waals surface area (Å²) in [6.07, 6.45) is 1.13. The molecule has 0 bridgehead atoms. The lowest BCUT2D eigenvalue weighted by atomic mass is 9.99. The van der Waals surface area contributed by atoms with Crippen molar-refractivity contribution in [3.63, 3.8) is 0 Å². The zero-order valence-electron chi connectivity index (χ0n) is 9.49. The van der Waals surface area contributed by atoms with Crippen molar-refractivity contribution in [3.8, 4) is 0 Å². The molecule has 4 heteroatoms. The summed E-state index contributed by atoms with van der Waals surface area (Å²) in [4.78, 5) is 2.36. The summed E-state index contributed by atoms with van der Waals surface area (Å²) in [6.45, 7) is 1.85. The molecule has 88 valence electrons. The third kappa shape index (κ3) is 2.24. The molecule has 16 heavy (non-hydrogen) atoms. The first-order valence-electron chi connectivity index (χ1n) is 5.57. The van der Waals surface area contributed by atoms with Crippen LogP contribution in [0.5, 0.6) is 0 Å². The Morgan fingerprint density at radius 3 is 2.81 bits per heavy atom. The molecule has 0 saturated carbocycles. The Morgan fingerprint density at radius 1 is 1.50 bits per heavy atom. The number of likely N-dealkylation sites (tertiary alicyclic amines) is 1. The van der Waals surface area contributed by atoms with Crippen molar-refractivity contribution in [1.29, 1.82) is 0 Å². The van der Waals surface area contributed by atoms with Crippen molar-refractivity contribution >= 4 is 21.6 Å². The molecule has 1 aromatic carbocycles. The van der Waals surface area contributed by atoms with Crippen LogP contribution in [-0.4, -0.2) is 25.0 Å². The maximum atomic E-state index is 5.91. The molecule has 0 aromatic heterocycles. The molecule has 0 aliphatic carbocycles. The minimum atomic E-state index is 0.462. The molecule has 4 N–H and O–H groups in total. The summed E-state index contributed by atoms with van der Waals surface area (Å²) >= 11 is 3.42. The Hall–Kier alpha value is -0.580. The first-order chi connectivity index (χ1) is 7.61. The Bertz CT molecular complexity index is 381. The highest BCUT2D eigenvalue weighted by molar-refractivity contribution is 9.10. The van der Waals surface area contributed by atoms with E-state index in [9.17, 15) is 0 Å². The maximum Gasteiger partial charge on any atom is 0.0461 e. The minimum Gasteiger partial charge on any atom is -0.398 e. The minimum absolute atomic E-state index is 0.462. The van der Waals surface area contributed by atoms with Gasteiger partial charge in [-0.05, 0) is 59.6 Å². The van der Waals surface area contributed by atoms with Crippen LogP contribution in [0.15, 0.2) is 22.7 Å². The van der Waals surface area contributed by atoms with Crippen molar-refractivity contribution in [1.82, 2.24) is 4.90 Å². The van der Waals surface area contributed by atoms with E-state index in [2.05, 4.69) is 40.0 Å². The van der Waals surface area contributed by atoms with E-state index in [1.165, 1.54) is 5.56 Å². The monoisotopic (exact) mass is 283 g/mol.